The van der Waals surface area contributed by atoms with Crippen molar-refractivity contribution in [3.63, 3.8) is 0 Å². The van der Waals surface area contributed by atoms with E-state index in [4.69, 9.17) is 5.11 Å². The van der Waals surface area contributed by atoms with Crippen LogP contribution >= 0.6 is 0 Å². The molecule has 0 radical (unpaired) electrons. The van der Waals surface area contributed by atoms with Crippen LogP contribution in [0.25, 0.3) is 0 Å². The van der Waals surface area contributed by atoms with Gasteiger partial charge in [0.15, 0.2) is 5.82 Å². The van der Waals surface area contributed by atoms with E-state index >= 15 is 0 Å². The molecule has 2 aromatic rings. The Morgan fingerprint density at radius 2 is 2.10 bits per heavy atom. The van der Waals surface area contributed by atoms with Crippen molar-refractivity contribution >= 4 is 11.8 Å². The SMILES string of the molecule is O=C(Cc1ccc2c(c1)CC(C(=O)O)C2)c1ncc[nH]1. The van der Waals surface area contributed by atoms with E-state index in [9.17, 15) is 9.59 Å². The van der Waals surface area contributed by atoms with Crippen molar-refractivity contribution in [3.05, 3.63) is 53.1 Å². The highest BCUT2D eigenvalue weighted by Gasteiger charge is 2.27. The van der Waals surface area contributed by atoms with Crippen LogP contribution in [0.4, 0.5) is 0 Å². The van der Waals surface area contributed by atoms with Gasteiger partial charge in [-0.1, -0.05) is 18.2 Å². The predicted molar refractivity (Wildman–Crippen MR) is 71.6 cm³/mol. The number of carbonyl (C=O) groups excluding carboxylic acids is 1. The Morgan fingerprint density at radius 1 is 1.30 bits per heavy atom. The maximum absolute atomic E-state index is 12.0. The minimum absolute atomic E-state index is 0.0669. The minimum Gasteiger partial charge on any atom is -0.481 e. The number of aliphatic carboxylic acids is 1. The molecule has 0 saturated heterocycles. The van der Waals surface area contributed by atoms with Gasteiger partial charge >= 0.3 is 5.97 Å². The van der Waals surface area contributed by atoms with Gasteiger partial charge in [-0.25, -0.2) is 4.98 Å². The number of nitrogens with one attached hydrogen (secondary N) is 1. The van der Waals surface area contributed by atoms with Crippen LogP contribution in [-0.2, 0) is 24.1 Å². The Kier molecular flexibility index (Phi) is 3.10. The fraction of sp³-hybridized carbons (Fsp3) is 0.267. The number of ketones is 1. The Hall–Kier alpha value is -2.43. The van der Waals surface area contributed by atoms with E-state index in [1.54, 1.807) is 12.4 Å². The Morgan fingerprint density at radius 3 is 2.80 bits per heavy atom. The molecule has 3 rings (SSSR count). The van der Waals surface area contributed by atoms with Crippen molar-refractivity contribution in [1.82, 2.24) is 9.97 Å². The highest BCUT2D eigenvalue weighted by Crippen LogP contribution is 2.28. The van der Waals surface area contributed by atoms with Gasteiger partial charge in [0, 0.05) is 18.8 Å². The van der Waals surface area contributed by atoms with Gasteiger partial charge in [0.05, 0.1) is 5.92 Å². The Balaban J connectivity index is 1.76. The number of imidazole rings is 1. The number of hydrogen-bond donors (Lipinski definition) is 2. The third-order valence-corrected chi connectivity index (χ3v) is 3.68. The second-order valence-corrected chi connectivity index (χ2v) is 5.08. The molecule has 2 N–H and O–H groups in total. The molecule has 0 bridgehead atoms. The van der Waals surface area contributed by atoms with Gasteiger partial charge < -0.3 is 10.1 Å². The average Bonchev–Trinajstić information content (AvgIpc) is 3.07. The van der Waals surface area contributed by atoms with Crippen LogP contribution in [0.1, 0.15) is 27.3 Å². The molecule has 0 aliphatic heterocycles. The van der Waals surface area contributed by atoms with Crippen LogP contribution in [0.15, 0.2) is 30.6 Å². The number of aromatic nitrogens is 2. The number of Topliss-reactive ketones (excluding diaryl/α,β-unsaturated/α-hetero) is 1. The zero-order valence-electron chi connectivity index (χ0n) is 10.8. The van der Waals surface area contributed by atoms with Crippen LogP contribution < -0.4 is 0 Å². The molecule has 0 amide bonds. The summed E-state index contributed by atoms with van der Waals surface area (Å²) in [7, 11) is 0. The quantitative estimate of drug-likeness (QED) is 0.827. The summed E-state index contributed by atoms with van der Waals surface area (Å²) in [5.74, 6) is -0.799. The molecule has 0 fully saturated rings. The summed E-state index contributed by atoms with van der Waals surface area (Å²) >= 11 is 0. The molecule has 1 aromatic heterocycles. The largest absolute Gasteiger partial charge is 0.481 e. The molecule has 0 saturated carbocycles. The summed E-state index contributed by atoms with van der Waals surface area (Å²) in [4.78, 5) is 29.7. The molecule has 102 valence electrons. The van der Waals surface area contributed by atoms with Crippen LogP contribution in [-0.4, -0.2) is 26.8 Å². The first-order valence-electron chi connectivity index (χ1n) is 6.49. The van der Waals surface area contributed by atoms with E-state index in [0.29, 0.717) is 18.7 Å². The molecule has 20 heavy (non-hydrogen) atoms. The van der Waals surface area contributed by atoms with Crippen molar-refractivity contribution in [1.29, 1.82) is 0 Å². The first-order chi connectivity index (χ1) is 9.63. The lowest BCUT2D eigenvalue weighted by Gasteiger charge is -2.03. The maximum Gasteiger partial charge on any atom is 0.307 e. The highest BCUT2D eigenvalue weighted by atomic mass is 16.4. The normalized spacial score (nSPS) is 16.9. The Bertz CT molecular complexity index is 662. The lowest BCUT2D eigenvalue weighted by atomic mass is 10.0. The van der Waals surface area contributed by atoms with Gasteiger partial charge in [0.1, 0.15) is 0 Å². The van der Waals surface area contributed by atoms with Crippen molar-refractivity contribution in [2.45, 2.75) is 19.3 Å². The van der Waals surface area contributed by atoms with Gasteiger partial charge in [-0.2, -0.15) is 0 Å². The van der Waals surface area contributed by atoms with Crippen LogP contribution in [0.5, 0.6) is 0 Å². The molecule has 1 aliphatic rings. The topological polar surface area (TPSA) is 83.1 Å². The van der Waals surface area contributed by atoms with Crippen LogP contribution in [0.3, 0.4) is 0 Å². The molecule has 1 heterocycles. The molecule has 1 unspecified atom stereocenters. The number of benzene rings is 1. The fourth-order valence-electron chi connectivity index (χ4n) is 2.64. The molecule has 1 aliphatic carbocycles. The molecular weight excluding hydrogens is 256 g/mol. The number of aromatic amines is 1. The second-order valence-electron chi connectivity index (χ2n) is 5.08. The number of hydrogen-bond acceptors (Lipinski definition) is 3. The predicted octanol–water partition coefficient (Wildman–Crippen LogP) is 1.63. The smallest absolute Gasteiger partial charge is 0.307 e. The summed E-state index contributed by atoms with van der Waals surface area (Å²) < 4.78 is 0. The average molecular weight is 270 g/mol. The number of rotatable bonds is 4. The van der Waals surface area contributed by atoms with E-state index in [1.807, 2.05) is 18.2 Å². The molecule has 1 atom stereocenters. The second kappa shape index (κ2) is 4.92. The first-order valence-corrected chi connectivity index (χ1v) is 6.49. The molecular formula is C15H14N2O3. The summed E-state index contributed by atoms with van der Waals surface area (Å²) in [5, 5.41) is 9.06. The zero-order chi connectivity index (χ0) is 14.1. The standard InChI is InChI=1S/C15H14N2O3/c18-13(14-16-3-4-17-14)6-9-1-2-10-7-12(15(19)20)8-11(10)5-9/h1-5,12H,6-8H2,(H,16,17)(H,19,20). The summed E-state index contributed by atoms with van der Waals surface area (Å²) in [6.07, 6.45) is 4.57. The lowest BCUT2D eigenvalue weighted by Crippen LogP contribution is -2.12. The highest BCUT2D eigenvalue weighted by molar-refractivity contribution is 5.94. The van der Waals surface area contributed by atoms with Crippen molar-refractivity contribution in [2.24, 2.45) is 5.92 Å². The zero-order valence-corrected chi connectivity index (χ0v) is 10.8. The molecule has 0 spiro atoms. The number of H-pyrrole nitrogens is 1. The van der Waals surface area contributed by atoms with E-state index in [2.05, 4.69) is 9.97 Å². The van der Waals surface area contributed by atoms with Gasteiger partial charge in [-0.15, -0.1) is 0 Å². The molecule has 1 aromatic carbocycles. The van der Waals surface area contributed by atoms with E-state index in [-0.39, 0.29) is 18.1 Å². The monoisotopic (exact) mass is 270 g/mol. The number of fused-ring (bicyclic) bond motifs is 1. The van der Waals surface area contributed by atoms with Gasteiger partial charge in [-0.05, 0) is 29.5 Å². The number of nitrogens with zero attached hydrogens (tertiary/aromatic N) is 1. The molecule has 5 heteroatoms. The Labute approximate surface area is 115 Å². The van der Waals surface area contributed by atoms with Gasteiger partial charge in [-0.3, -0.25) is 9.59 Å². The lowest BCUT2D eigenvalue weighted by molar-refractivity contribution is -0.141. The van der Waals surface area contributed by atoms with E-state index in [1.165, 1.54) is 0 Å². The van der Waals surface area contributed by atoms with E-state index in [0.717, 1.165) is 16.7 Å². The third kappa shape index (κ3) is 2.34. The van der Waals surface area contributed by atoms with Crippen LogP contribution in [0, 0.1) is 5.92 Å². The number of carboxylic acids is 1. The fourth-order valence-corrected chi connectivity index (χ4v) is 2.64. The van der Waals surface area contributed by atoms with Crippen molar-refractivity contribution in [2.75, 3.05) is 0 Å². The van der Waals surface area contributed by atoms with Crippen LogP contribution in [0.2, 0.25) is 0 Å². The number of carbonyl (C=O) groups is 2. The first kappa shape index (κ1) is 12.6. The van der Waals surface area contributed by atoms with E-state index < -0.39 is 5.97 Å². The van der Waals surface area contributed by atoms with Gasteiger partial charge in [0.25, 0.3) is 0 Å². The van der Waals surface area contributed by atoms with Crippen molar-refractivity contribution < 1.29 is 14.7 Å². The third-order valence-electron chi connectivity index (χ3n) is 3.68. The summed E-state index contributed by atoms with van der Waals surface area (Å²) in [6.45, 7) is 0. The number of carboxylic acid groups (broad SMARTS) is 1. The minimum atomic E-state index is -0.755. The van der Waals surface area contributed by atoms with Gasteiger partial charge in [0.2, 0.25) is 5.78 Å². The summed E-state index contributed by atoms with van der Waals surface area (Å²) in [6, 6.07) is 5.77. The molecule has 5 nitrogen and oxygen atoms in total. The maximum atomic E-state index is 12.0. The summed E-state index contributed by atoms with van der Waals surface area (Å²) in [5.41, 5.74) is 3.02. The van der Waals surface area contributed by atoms with Crippen molar-refractivity contribution in [3.8, 4) is 0 Å².